The van der Waals surface area contributed by atoms with Crippen LogP contribution in [0.1, 0.15) is 24.3 Å². The molecule has 13 heavy (non-hydrogen) atoms. The van der Waals surface area contributed by atoms with Crippen molar-refractivity contribution in [2.75, 3.05) is 13.2 Å². The summed E-state index contributed by atoms with van der Waals surface area (Å²) in [5.74, 6) is 0. The molecule has 0 aliphatic heterocycles. The van der Waals surface area contributed by atoms with Gasteiger partial charge in [0.25, 0.3) is 0 Å². The van der Waals surface area contributed by atoms with E-state index >= 15 is 0 Å². The molecule has 1 heterocycles. The second-order valence-electron chi connectivity index (χ2n) is 2.72. The first-order valence-electron chi connectivity index (χ1n) is 4.24. The second kappa shape index (κ2) is 5.60. The Balaban J connectivity index is 2.39. The van der Waals surface area contributed by atoms with Crippen LogP contribution in [0.4, 0.5) is 0 Å². The Morgan fingerprint density at radius 2 is 2.46 bits per heavy atom. The molecule has 0 bridgehead atoms. The predicted octanol–water partition coefficient (Wildman–Crippen LogP) is 2.86. The van der Waals surface area contributed by atoms with Crippen molar-refractivity contribution in [3.05, 3.63) is 21.3 Å². The van der Waals surface area contributed by atoms with Crippen LogP contribution in [0.15, 0.2) is 11.4 Å². The van der Waals surface area contributed by atoms with Gasteiger partial charge in [0.1, 0.15) is 6.10 Å². The topological polar surface area (TPSA) is 29.5 Å². The van der Waals surface area contributed by atoms with Crippen molar-refractivity contribution in [1.82, 2.24) is 0 Å². The van der Waals surface area contributed by atoms with Gasteiger partial charge in [0.2, 0.25) is 0 Å². The third-order valence-electron chi connectivity index (χ3n) is 1.57. The van der Waals surface area contributed by atoms with Crippen LogP contribution in [0.3, 0.4) is 0 Å². The number of aliphatic hydroxyl groups is 1. The van der Waals surface area contributed by atoms with Crippen molar-refractivity contribution in [2.24, 2.45) is 0 Å². The molecule has 1 atom stereocenters. The SMILES string of the molecule is CCCOCC(O)c1sccc1Cl. The standard InChI is InChI=1S/C9H13ClO2S/c1-2-4-12-6-8(11)9-7(10)3-5-13-9/h3,5,8,11H,2,4,6H2,1H3. The van der Waals surface area contributed by atoms with Crippen molar-refractivity contribution in [2.45, 2.75) is 19.4 Å². The smallest absolute Gasteiger partial charge is 0.113 e. The molecule has 0 aliphatic carbocycles. The Morgan fingerprint density at radius 3 is 3.00 bits per heavy atom. The van der Waals surface area contributed by atoms with Crippen LogP contribution in [0.25, 0.3) is 0 Å². The lowest BCUT2D eigenvalue weighted by Gasteiger charge is -2.09. The van der Waals surface area contributed by atoms with E-state index < -0.39 is 6.10 Å². The maximum absolute atomic E-state index is 9.62. The van der Waals surface area contributed by atoms with Crippen LogP contribution in [0.2, 0.25) is 5.02 Å². The molecule has 1 aromatic heterocycles. The molecule has 0 amide bonds. The lowest BCUT2D eigenvalue weighted by Crippen LogP contribution is -2.06. The third kappa shape index (κ3) is 3.27. The molecule has 0 fully saturated rings. The van der Waals surface area contributed by atoms with Crippen LogP contribution >= 0.6 is 22.9 Å². The summed E-state index contributed by atoms with van der Waals surface area (Å²) in [5.41, 5.74) is 0. The van der Waals surface area contributed by atoms with E-state index in [1.165, 1.54) is 11.3 Å². The molecule has 1 unspecified atom stereocenters. The number of rotatable bonds is 5. The number of aliphatic hydroxyl groups excluding tert-OH is 1. The van der Waals surface area contributed by atoms with E-state index in [4.69, 9.17) is 16.3 Å². The fraction of sp³-hybridized carbons (Fsp3) is 0.556. The summed E-state index contributed by atoms with van der Waals surface area (Å²) >= 11 is 7.30. The summed E-state index contributed by atoms with van der Waals surface area (Å²) in [6.45, 7) is 3.04. The van der Waals surface area contributed by atoms with Gasteiger partial charge in [-0.15, -0.1) is 11.3 Å². The molecule has 0 aliphatic rings. The average molecular weight is 221 g/mol. The van der Waals surface area contributed by atoms with E-state index in [1.54, 1.807) is 6.07 Å². The van der Waals surface area contributed by atoms with Gasteiger partial charge in [-0.2, -0.15) is 0 Å². The van der Waals surface area contributed by atoms with E-state index in [0.717, 1.165) is 11.3 Å². The Kier molecular flexibility index (Phi) is 4.73. The molecule has 0 saturated carbocycles. The van der Waals surface area contributed by atoms with E-state index in [1.807, 2.05) is 12.3 Å². The summed E-state index contributed by atoms with van der Waals surface area (Å²) in [6, 6.07) is 1.78. The van der Waals surface area contributed by atoms with Crippen LogP contribution in [0, 0.1) is 0 Å². The summed E-state index contributed by atoms with van der Waals surface area (Å²) in [4.78, 5) is 0.790. The zero-order valence-electron chi connectivity index (χ0n) is 7.50. The number of ether oxygens (including phenoxy) is 1. The molecule has 1 aromatic rings. The summed E-state index contributed by atoms with van der Waals surface area (Å²) in [7, 11) is 0. The monoisotopic (exact) mass is 220 g/mol. The number of halogens is 1. The summed E-state index contributed by atoms with van der Waals surface area (Å²) in [6.07, 6.45) is 0.379. The first kappa shape index (κ1) is 11.0. The van der Waals surface area contributed by atoms with Gasteiger partial charge in [0.15, 0.2) is 0 Å². The van der Waals surface area contributed by atoms with Crippen molar-refractivity contribution < 1.29 is 9.84 Å². The second-order valence-corrected chi connectivity index (χ2v) is 4.08. The first-order valence-corrected chi connectivity index (χ1v) is 5.50. The van der Waals surface area contributed by atoms with Gasteiger partial charge in [-0.05, 0) is 17.9 Å². The van der Waals surface area contributed by atoms with Crippen molar-refractivity contribution in [3.8, 4) is 0 Å². The highest BCUT2D eigenvalue weighted by Crippen LogP contribution is 2.28. The molecule has 2 nitrogen and oxygen atoms in total. The molecule has 0 radical (unpaired) electrons. The quantitative estimate of drug-likeness (QED) is 0.774. The van der Waals surface area contributed by atoms with Gasteiger partial charge >= 0.3 is 0 Å². The number of hydrogen-bond donors (Lipinski definition) is 1. The van der Waals surface area contributed by atoms with E-state index in [-0.39, 0.29) is 0 Å². The largest absolute Gasteiger partial charge is 0.385 e. The van der Waals surface area contributed by atoms with E-state index in [0.29, 0.717) is 18.2 Å². The van der Waals surface area contributed by atoms with Crippen LogP contribution < -0.4 is 0 Å². The van der Waals surface area contributed by atoms with E-state index in [9.17, 15) is 5.11 Å². The van der Waals surface area contributed by atoms with Crippen LogP contribution in [-0.2, 0) is 4.74 Å². The molecule has 74 valence electrons. The molecular formula is C9H13ClO2S. The Morgan fingerprint density at radius 1 is 1.69 bits per heavy atom. The minimum atomic E-state index is -0.584. The Bertz CT molecular complexity index is 250. The minimum absolute atomic E-state index is 0.327. The summed E-state index contributed by atoms with van der Waals surface area (Å²) in [5, 5.41) is 12.1. The highest BCUT2D eigenvalue weighted by molar-refractivity contribution is 7.10. The van der Waals surface area contributed by atoms with Gasteiger partial charge < -0.3 is 9.84 Å². The fourth-order valence-corrected chi connectivity index (χ4v) is 2.11. The third-order valence-corrected chi connectivity index (χ3v) is 3.03. The fourth-order valence-electron chi connectivity index (χ4n) is 0.958. The lowest BCUT2D eigenvalue weighted by atomic mass is 10.3. The summed E-state index contributed by atoms with van der Waals surface area (Å²) < 4.78 is 5.22. The van der Waals surface area contributed by atoms with Crippen molar-refractivity contribution >= 4 is 22.9 Å². The molecule has 0 aromatic carbocycles. The van der Waals surface area contributed by atoms with Gasteiger partial charge in [-0.25, -0.2) is 0 Å². The number of thiophene rings is 1. The maximum atomic E-state index is 9.62. The highest BCUT2D eigenvalue weighted by atomic mass is 35.5. The molecule has 0 spiro atoms. The average Bonchev–Trinajstić information content (AvgIpc) is 2.52. The minimum Gasteiger partial charge on any atom is -0.385 e. The molecular weight excluding hydrogens is 208 g/mol. The highest BCUT2D eigenvalue weighted by Gasteiger charge is 2.12. The lowest BCUT2D eigenvalue weighted by molar-refractivity contribution is 0.0382. The Hall–Kier alpha value is -0.0900. The zero-order chi connectivity index (χ0) is 9.68. The van der Waals surface area contributed by atoms with Crippen molar-refractivity contribution in [3.63, 3.8) is 0 Å². The van der Waals surface area contributed by atoms with E-state index in [2.05, 4.69) is 0 Å². The van der Waals surface area contributed by atoms with Gasteiger partial charge in [0.05, 0.1) is 16.5 Å². The molecule has 0 saturated heterocycles. The van der Waals surface area contributed by atoms with Gasteiger partial charge in [-0.1, -0.05) is 18.5 Å². The van der Waals surface area contributed by atoms with Gasteiger partial charge in [-0.3, -0.25) is 0 Å². The van der Waals surface area contributed by atoms with Gasteiger partial charge in [0, 0.05) is 6.61 Å². The maximum Gasteiger partial charge on any atom is 0.113 e. The first-order chi connectivity index (χ1) is 6.25. The molecule has 1 rings (SSSR count). The van der Waals surface area contributed by atoms with Crippen LogP contribution in [0.5, 0.6) is 0 Å². The molecule has 1 N–H and O–H groups in total. The normalized spacial score (nSPS) is 13.2. The zero-order valence-corrected chi connectivity index (χ0v) is 9.07. The van der Waals surface area contributed by atoms with Crippen molar-refractivity contribution in [1.29, 1.82) is 0 Å². The Labute approximate surface area is 87.1 Å². The van der Waals surface area contributed by atoms with Crippen LogP contribution in [-0.4, -0.2) is 18.3 Å². The predicted molar refractivity (Wildman–Crippen MR) is 55.4 cm³/mol. The number of hydrogen-bond acceptors (Lipinski definition) is 3. The molecule has 4 heteroatoms.